The van der Waals surface area contributed by atoms with Gasteiger partial charge < -0.3 is 10.0 Å². The fourth-order valence-electron chi connectivity index (χ4n) is 6.23. The molecule has 2 heterocycles. The maximum atomic E-state index is 13.5. The van der Waals surface area contributed by atoms with Crippen LogP contribution in [-0.2, 0) is 4.79 Å². The number of rotatable bonds is 7. The molecule has 2 aliphatic heterocycles. The minimum Gasteiger partial charge on any atom is -0.508 e. The minimum absolute atomic E-state index is 0.0525. The minimum atomic E-state index is -4.64. The number of carbonyl (C=O) groups excluding carboxylic acids is 1. The molecule has 2 fully saturated rings. The van der Waals surface area contributed by atoms with E-state index in [1.165, 1.54) is 25.3 Å². The molecular formula is C31H37F3N2O2. The smallest absolute Gasteiger partial charge is 0.419 e. The van der Waals surface area contributed by atoms with Gasteiger partial charge in [0.15, 0.2) is 5.78 Å². The van der Waals surface area contributed by atoms with Crippen molar-refractivity contribution in [3.05, 3.63) is 69.7 Å². The second-order valence-electron chi connectivity index (χ2n) is 11.5. The van der Waals surface area contributed by atoms with Gasteiger partial charge >= 0.3 is 6.18 Å². The fourth-order valence-corrected chi connectivity index (χ4v) is 6.23. The van der Waals surface area contributed by atoms with E-state index < -0.39 is 17.5 Å². The molecule has 5 rings (SSSR count). The highest BCUT2D eigenvalue weighted by Gasteiger charge is 2.39. The quantitative estimate of drug-likeness (QED) is 0.378. The van der Waals surface area contributed by atoms with Crippen LogP contribution in [0.5, 0.6) is 0 Å². The van der Waals surface area contributed by atoms with E-state index in [1.807, 2.05) is 18.2 Å². The van der Waals surface area contributed by atoms with Crippen LogP contribution in [0, 0.1) is 17.8 Å². The lowest BCUT2D eigenvalue weighted by atomic mass is 9.83. The number of alkyl halides is 3. The number of aliphatic hydroxyl groups excluding tert-OH is 1. The van der Waals surface area contributed by atoms with Crippen LogP contribution in [0.25, 0.3) is 0 Å². The maximum Gasteiger partial charge on any atom is 0.419 e. The SMILES string of the molecule is CCCC(C)CC1CCN(C2=C(C(=O)C3CC3)C=NC3C=CC(=C4C=C(C(F)(F)F)C(O)=CC4)C=C23)CC1. The average molecular weight is 527 g/mol. The molecule has 0 bridgehead atoms. The van der Waals surface area contributed by atoms with Crippen molar-refractivity contribution in [3.8, 4) is 0 Å². The van der Waals surface area contributed by atoms with Gasteiger partial charge in [0.1, 0.15) is 5.76 Å². The van der Waals surface area contributed by atoms with Crippen LogP contribution in [0.3, 0.4) is 0 Å². The molecule has 3 aliphatic carbocycles. The Labute approximate surface area is 223 Å². The van der Waals surface area contributed by atoms with E-state index in [0.29, 0.717) is 28.6 Å². The monoisotopic (exact) mass is 526 g/mol. The van der Waals surface area contributed by atoms with Crippen molar-refractivity contribution < 1.29 is 23.1 Å². The van der Waals surface area contributed by atoms with Gasteiger partial charge in [-0.3, -0.25) is 9.79 Å². The van der Waals surface area contributed by atoms with Crippen molar-refractivity contribution in [2.45, 2.75) is 77.4 Å². The van der Waals surface area contributed by atoms with E-state index in [0.717, 1.165) is 56.1 Å². The first kappa shape index (κ1) is 26.8. The zero-order valence-corrected chi connectivity index (χ0v) is 22.2. The Morgan fingerprint density at radius 1 is 1.18 bits per heavy atom. The average Bonchev–Trinajstić information content (AvgIpc) is 3.73. The molecule has 0 aromatic heterocycles. The third kappa shape index (κ3) is 5.62. The Morgan fingerprint density at radius 3 is 2.58 bits per heavy atom. The molecule has 7 heteroatoms. The van der Waals surface area contributed by atoms with Crippen LogP contribution in [0.15, 0.2) is 74.7 Å². The third-order valence-corrected chi connectivity index (χ3v) is 8.43. The predicted octanol–water partition coefficient (Wildman–Crippen LogP) is 7.34. The first-order valence-corrected chi connectivity index (χ1v) is 14.0. The van der Waals surface area contributed by atoms with Gasteiger partial charge in [0.25, 0.3) is 0 Å². The van der Waals surface area contributed by atoms with Crippen molar-refractivity contribution in [1.29, 1.82) is 0 Å². The van der Waals surface area contributed by atoms with Gasteiger partial charge in [-0.05, 0) is 79.7 Å². The molecule has 1 saturated carbocycles. The first-order valence-electron chi connectivity index (χ1n) is 14.0. The number of Topliss-reactive ketones (excluding diaryl/α,β-unsaturated/α-hetero) is 1. The second-order valence-corrected chi connectivity index (χ2v) is 11.5. The molecule has 204 valence electrons. The molecule has 5 aliphatic rings. The number of likely N-dealkylation sites (tertiary alicyclic amines) is 1. The Kier molecular flexibility index (Phi) is 7.56. The Morgan fingerprint density at radius 2 is 1.92 bits per heavy atom. The van der Waals surface area contributed by atoms with Crippen LogP contribution in [0.4, 0.5) is 13.2 Å². The van der Waals surface area contributed by atoms with Crippen LogP contribution in [-0.4, -0.2) is 47.3 Å². The normalized spacial score (nSPS) is 27.1. The number of carbonyl (C=O) groups is 1. The number of allylic oxidation sites excluding steroid dienone is 8. The van der Waals surface area contributed by atoms with E-state index in [2.05, 4.69) is 23.7 Å². The molecule has 4 nitrogen and oxygen atoms in total. The van der Waals surface area contributed by atoms with Gasteiger partial charge in [-0.25, -0.2) is 0 Å². The highest BCUT2D eigenvalue weighted by atomic mass is 19.4. The van der Waals surface area contributed by atoms with E-state index in [-0.39, 0.29) is 24.2 Å². The summed E-state index contributed by atoms with van der Waals surface area (Å²) in [4.78, 5) is 20.3. The standard InChI is InChI=1S/C31H37F3N2O2/c1-3-4-19(2)15-20-11-13-36(14-12-20)29-24-16-22(23-8-10-28(37)26(17-23)31(32,33)34)7-9-27(24)35-18-25(29)30(38)21-5-6-21/h7,9-10,16-21,27,37H,3-6,8,11-15H2,1-2H3. The van der Waals surface area contributed by atoms with Crippen molar-refractivity contribution in [1.82, 2.24) is 4.90 Å². The highest BCUT2D eigenvalue weighted by molar-refractivity contribution is 6.17. The second kappa shape index (κ2) is 10.7. The van der Waals surface area contributed by atoms with Crippen LogP contribution >= 0.6 is 0 Å². The van der Waals surface area contributed by atoms with Crippen LogP contribution < -0.4 is 0 Å². The zero-order valence-electron chi connectivity index (χ0n) is 22.2. The molecule has 2 unspecified atom stereocenters. The lowest BCUT2D eigenvalue weighted by Crippen LogP contribution is -2.38. The molecule has 0 amide bonds. The summed E-state index contributed by atoms with van der Waals surface area (Å²) in [7, 11) is 0. The van der Waals surface area contributed by atoms with Crippen molar-refractivity contribution in [3.63, 3.8) is 0 Å². The van der Waals surface area contributed by atoms with Gasteiger partial charge in [0, 0.05) is 30.8 Å². The summed E-state index contributed by atoms with van der Waals surface area (Å²) < 4.78 is 40.5. The summed E-state index contributed by atoms with van der Waals surface area (Å²) in [5, 5.41) is 9.83. The topological polar surface area (TPSA) is 52.9 Å². The van der Waals surface area contributed by atoms with Crippen LogP contribution in [0.1, 0.15) is 65.2 Å². The Balaban J connectivity index is 1.47. The summed E-state index contributed by atoms with van der Waals surface area (Å²) in [5.41, 5.74) is 2.59. The summed E-state index contributed by atoms with van der Waals surface area (Å²) >= 11 is 0. The van der Waals surface area contributed by atoms with E-state index >= 15 is 0 Å². The van der Waals surface area contributed by atoms with Gasteiger partial charge in [-0.1, -0.05) is 38.8 Å². The van der Waals surface area contributed by atoms with Gasteiger partial charge in [-0.2, -0.15) is 13.2 Å². The number of halogens is 3. The summed E-state index contributed by atoms with van der Waals surface area (Å²) in [6.45, 7) is 6.29. The number of piperidine rings is 1. The van der Waals surface area contributed by atoms with E-state index in [1.54, 1.807) is 6.21 Å². The number of nitrogens with zero attached hydrogens (tertiary/aromatic N) is 2. The largest absolute Gasteiger partial charge is 0.508 e. The number of aliphatic imine (C=N–C) groups is 1. The van der Waals surface area contributed by atoms with Gasteiger partial charge in [0.05, 0.1) is 22.9 Å². The van der Waals surface area contributed by atoms with Gasteiger partial charge in [-0.15, -0.1) is 0 Å². The predicted molar refractivity (Wildman–Crippen MR) is 144 cm³/mol. The number of ketones is 1. The van der Waals surface area contributed by atoms with Crippen molar-refractivity contribution in [2.75, 3.05) is 13.1 Å². The first-order chi connectivity index (χ1) is 18.2. The number of fused-ring (bicyclic) bond motifs is 1. The number of hydrogen-bond donors (Lipinski definition) is 1. The van der Waals surface area contributed by atoms with Crippen LogP contribution in [0.2, 0.25) is 0 Å². The Bertz CT molecular complexity index is 1190. The molecule has 38 heavy (non-hydrogen) atoms. The molecule has 0 aromatic rings. The van der Waals surface area contributed by atoms with Gasteiger partial charge in [0.2, 0.25) is 0 Å². The molecule has 2 atom stereocenters. The molecule has 0 aromatic carbocycles. The molecule has 0 spiro atoms. The third-order valence-electron chi connectivity index (χ3n) is 8.43. The lowest BCUT2D eigenvalue weighted by molar-refractivity contribution is -0.116. The van der Waals surface area contributed by atoms with E-state index in [4.69, 9.17) is 0 Å². The molecular weight excluding hydrogens is 489 g/mol. The molecule has 0 radical (unpaired) electrons. The summed E-state index contributed by atoms with van der Waals surface area (Å²) in [6.07, 6.45) is 12.8. The number of hydrogen-bond acceptors (Lipinski definition) is 4. The fraction of sp³-hybridized carbons (Fsp3) is 0.548. The number of aliphatic hydroxyl groups is 1. The van der Waals surface area contributed by atoms with E-state index in [9.17, 15) is 23.1 Å². The maximum absolute atomic E-state index is 13.5. The zero-order chi connectivity index (χ0) is 27.0. The van der Waals surface area contributed by atoms with Crippen molar-refractivity contribution in [2.24, 2.45) is 22.7 Å². The highest BCUT2D eigenvalue weighted by Crippen LogP contribution is 2.41. The summed E-state index contributed by atoms with van der Waals surface area (Å²) in [5.74, 6) is 0.845. The molecule has 1 saturated heterocycles. The van der Waals surface area contributed by atoms with Crippen molar-refractivity contribution >= 4 is 12.0 Å². The molecule has 1 N–H and O–H groups in total. The summed E-state index contributed by atoms with van der Waals surface area (Å²) in [6, 6.07) is -0.258. The lowest BCUT2D eigenvalue weighted by Gasteiger charge is -2.40. The number of dihydropyridines is 1. The Hall–Kier alpha value is -2.83.